The Morgan fingerprint density at radius 1 is 1.14 bits per heavy atom. The zero-order chi connectivity index (χ0) is 15.0. The molecule has 21 heavy (non-hydrogen) atoms. The van der Waals surface area contributed by atoms with Gasteiger partial charge in [-0.05, 0) is 36.2 Å². The number of halogens is 2. The van der Waals surface area contributed by atoms with Crippen LogP contribution in [0.3, 0.4) is 0 Å². The number of rotatable bonds is 2. The zero-order valence-corrected chi connectivity index (χ0v) is 13.7. The average Bonchev–Trinajstić information content (AvgIpc) is 2.82. The molecule has 1 heterocycles. The molecule has 1 aromatic heterocycles. The molecular weight excluding hydrogens is 350 g/mol. The molecule has 0 amide bonds. The molecule has 3 N–H and O–H groups in total. The van der Waals surface area contributed by atoms with Crippen LogP contribution in [0.4, 0.5) is 5.82 Å². The topological polar surface area (TPSA) is 54.7 Å². The van der Waals surface area contributed by atoms with Crippen LogP contribution in [0.5, 0.6) is 0 Å². The molecular formula is C16H13BrClN3. The predicted molar refractivity (Wildman–Crippen MR) is 91.3 cm³/mol. The third-order valence-electron chi connectivity index (χ3n) is 3.32. The molecule has 0 saturated heterocycles. The van der Waals surface area contributed by atoms with Crippen molar-refractivity contribution in [1.82, 2.24) is 10.2 Å². The van der Waals surface area contributed by atoms with Crippen LogP contribution in [-0.2, 0) is 0 Å². The van der Waals surface area contributed by atoms with Crippen molar-refractivity contribution >= 4 is 33.3 Å². The average molecular weight is 363 g/mol. The lowest BCUT2D eigenvalue weighted by molar-refractivity contribution is 1.10. The number of hydrogen-bond acceptors (Lipinski definition) is 2. The molecule has 3 nitrogen and oxygen atoms in total. The van der Waals surface area contributed by atoms with Gasteiger partial charge >= 0.3 is 0 Å². The second kappa shape index (κ2) is 5.54. The first-order valence-electron chi connectivity index (χ1n) is 6.42. The molecule has 0 radical (unpaired) electrons. The van der Waals surface area contributed by atoms with E-state index in [2.05, 4.69) is 26.1 Å². The maximum atomic E-state index is 6.36. The molecule has 0 aliphatic rings. The van der Waals surface area contributed by atoms with Gasteiger partial charge in [0.1, 0.15) is 0 Å². The van der Waals surface area contributed by atoms with Crippen LogP contribution in [0.2, 0.25) is 5.02 Å². The Morgan fingerprint density at radius 2 is 1.86 bits per heavy atom. The molecule has 2 aromatic carbocycles. The first-order chi connectivity index (χ1) is 10.1. The molecule has 0 aliphatic heterocycles. The molecule has 0 unspecified atom stereocenters. The number of aromatic amines is 1. The molecule has 106 valence electrons. The second-order valence-corrected chi connectivity index (χ2v) is 6.17. The van der Waals surface area contributed by atoms with Crippen molar-refractivity contribution in [3.8, 4) is 22.4 Å². The van der Waals surface area contributed by atoms with E-state index in [1.54, 1.807) is 0 Å². The van der Waals surface area contributed by atoms with Gasteiger partial charge in [0.05, 0.1) is 16.3 Å². The van der Waals surface area contributed by atoms with Gasteiger partial charge in [-0.1, -0.05) is 51.8 Å². The number of nitrogen functional groups attached to an aromatic ring is 1. The number of benzene rings is 2. The number of nitrogens with two attached hydrogens (primary N) is 1. The highest BCUT2D eigenvalue weighted by atomic mass is 79.9. The van der Waals surface area contributed by atoms with E-state index in [9.17, 15) is 0 Å². The van der Waals surface area contributed by atoms with Crippen LogP contribution in [-0.4, -0.2) is 10.2 Å². The van der Waals surface area contributed by atoms with Crippen molar-refractivity contribution in [2.75, 3.05) is 5.73 Å². The molecule has 0 atom stereocenters. The van der Waals surface area contributed by atoms with E-state index in [4.69, 9.17) is 17.3 Å². The highest BCUT2D eigenvalue weighted by Gasteiger charge is 2.16. The zero-order valence-electron chi connectivity index (χ0n) is 11.3. The summed E-state index contributed by atoms with van der Waals surface area (Å²) < 4.78 is 1.02. The third kappa shape index (κ3) is 2.69. The van der Waals surface area contributed by atoms with Gasteiger partial charge in [0.15, 0.2) is 5.82 Å². The lowest BCUT2D eigenvalue weighted by atomic mass is 10.00. The van der Waals surface area contributed by atoms with Crippen molar-refractivity contribution in [3.63, 3.8) is 0 Å². The van der Waals surface area contributed by atoms with Crippen molar-refractivity contribution < 1.29 is 0 Å². The fourth-order valence-electron chi connectivity index (χ4n) is 2.28. The number of hydrogen-bond donors (Lipinski definition) is 2. The highest BCUT2D eigenvalue weighted by molar-refractivity contribution is 9.10. The highest BCUT2D eigenvalue weighted by Crippen LogP contribution is 2.38. The van der Waals surface area contributed by atoms with E-state index < -0.39 is 0 Å². The van der Waals surface area contributed by atoms with Crippen molar-refractivity contribution in [1.29, 1.82) is 0 Å². The Labute approximate surface area is 136 Å². The standard InChI is InChI=1S/C16H13BrClN3/c1-9-2-7-12(13(18)8-9)15-14(16(19)21-20-15)10-3-5-11(17)6-4-10/h2-8H,1H3,(H3,19,20,21). The molecule has 0 aliphatic carbocycles. The summed E-state index contributed by atoms with van der Waals surface area (Å²) in [4.78, 5) is 0. The van der Waals surface area contributed by atoms with Crippen LogP contribution < -0.4 is 5.73 Å². The van der Waals surface area contributed by atoms with Gasteiger partial charge in [-0.3, -0.25) is 5.10 Å². The predicted octanol–water partition coefficient (Wildman–Crippen LogP) is 5.05. The van der Waals surface area contributed by atoms with Crippen molar-refractivity contribution in [2.45, 2.75) is 6.92 Å². The molecule has 0 fully saturated rings. The lowest BCUT2D eigenvalue weighted by Crippen LogP contribution is -1.89. The van der Waals surface area contributed by atoms with Gasteiger partial charge in [-0.15, -0.1) is 0 Å². The van der Waals surface area contributed by atoms with E-state index in [0.717, 1.165) is 32.4 Å². The third-order valence-corrected chi connectivity index (χ3v) is 4.16. The van der Waals surface area contributed by atoms with Gasteiger partial charge in [-0.25, -0.2) is 0 Å². The van der Waals surface area contributed by atoms with E-state index in [0.29, 0.717) is 10.8 Å². The minimum absolute atomic E-state index is 0.462. The van der Waals surface area contributed by atoms with Crippen LogP contribution in [0.25, 0.3) is 22.4 Å². The summed E-state index contributed by atoms with van der Waals surface area (Å²) in [5, 5.41) is 7.81. The van der Waals surface area contributed by atoms with Crippen LogP contribution in [0.1, 0.15) is 5.56 Å². The minimum atomic E-state index is 0.462. The summed E-state index contributed by atoms with van der Waals surface area (Å²) in [5.41, 5.74) is 10.7. The van der Waals surface area contributed by atoms with Gasteiger partial charge < -0.3 is 5.73 Å². The van der Waals surface area contributed by atoms with Crippen LogP contribution in [0.15, 0.2) is 46.9 Å². The summed E-state index contributed by atoms with van der Waals surface area (Å²) in [7, 11) is 0. The lowest BCUT2D eigenvalue weighted by Gasteiger charge is -2.07. The van der Waals surface area contributed by atoms with Gasteiger partial charge in [0.25, 0.3) is 0 Å². The van der Waals surface area contributed by atoms with Crippen LogP contribution >= 0.6 is 27.5 Å². The molecule has 0 spiro atoms. The fraction of sp³-hybridized carbons (Fsp3) is 0.0625. The summed E-state index contributed by atoms with van der Waals surface area (Å²) >= 11 is 9.80. The Bertz CT molecular complexity index is 794. The summed E-state index contributed by atoms with van der Waals surface area (Å²) in [6.45, 7) is 2.01. The molecule has 0 bridgehead atoms. The number of anilines is 1. The van der Waals surface area contributed by atoms with Crippen LogP contribution in [0, 0.1) is 6.92 Å². The first kappa shape index (κ1) is 14.2. The largest absolute Gasteiger partial charge is 0.382 e. The number of aromatic nitrogens is 2. The Balaban J connectivity index is 2.19. The summed E-state index contributed by atoms with van der Waals surface area (Å²) in [6, 6.07) is 13.9. The van der Waals surface area contributed by atoms with Gasteiger partial charge in [0.2, 0.25) is 0 Å². The molecule has 0 saturated carbocycles. The van der Waals surface area contributed by atoms with Gasteiger partial charge in [0, 0.05) is 10.0 Å². The molecule has 3 rings (SSSR count). The van der Waals surface area contributed by atoms with E-state index in [-0.39, 0.29) is 0 Å². The van der Waals surface area contributed by atoms with Crippen molar-refractivity contribution in [2.24, 2.45) is 0 Å². The molecule has 5 heteroatoms. The van der Waals surface area contributed by atoms with E-state index in [1.165, 1.54) is 0 Å². The Morgan fingerprint density at radius 3 is 2.52 bits per heavy atom. The van der Waals surface area contributed by atoms with E-state index in [1.807, 2.05) is 49.4 Å². The monoisotopic (exact) mass is 361 g/mol. The summed E-state index contributed by atoms with van der Waals surface area (Å²) in [6.07, 6.45) is 0. The normalized spacial score (nSPS) is 10.8. The smallest absolute Gasteiger partial charge is 0.153 e. The SMILES string of the molecule is Cc1ccc(-c2[nH]nc(N)c2-c2ccc(Br)cc2)c(Cl)c1. The second-order valence-electron chi connectivity index (χ2n) is 4.85. The quantitative estimate of drug-likeness (QED) is 0.670. The van der Waals surface area contributed by atoms with Gasteiger partial charge in [-0.2, -0.15) is 5.10 Å². The Hall–Kier alpha value is -1.78. The number of H-pyrrole nitrogens is 1. The minimum Gasteiger partial charge on any atom is -0.382 e. The first-order valence-corrected chi connectivity index (χ1v) is 7.59. The number of aryl methyl sites for hydroxylation is 1. The summed E-state index contributed by atoms with van der Waals surface area (Å²) in [5.74, 6) is 0.462. The van der Waals surface area contributed by atoms with Crippen molar-refractivity contribution in [3.05, 3.63) is 57.5 Å². The maximum absolute atomic E-state index is 6.36. The number of nitrogens with one attached hydrogen (secondary N) is 1. The van der Waals surface area contributed by atoms with E-state index >= 15 is 0 Å². The fourth-order valence-corrected chi connectivity index (χ4v) is 2.88. The molecule has 3 aromatic rings. The Kier molecular flexibility index (Phi) is 3.74. The maximum Gasteiger partial charge on any atom is 0.153 e. The number of nitrogens with zero attached hydrogens (tertiary/aromatic N) is 1.